The van der Waals surface area contributed by atoms with Gasteiger partial charge in [0.1, 0.15) is 0 Å². The summed E-state index contributed by atoms with van der Waals surface area (Å²) in [6.07, 6.45) is 2.03. The Labute approximate surface area is 140 Å². The van der Waals surface area contributed by atoms with Gasteiger partial charge in [-0.15, -0.1) is 11.8 Å². The SMILES string of the molecule is CCSc1ccc2c(c1)C(CC(=O)O)=Cc1ccccc1N2C. The molecule has 3 rings (SSSR count). The fourth-order valence-corrected chi connectivity index (χ4v) is 3.64. The lowest BCUT2D eigenvalue weighted by Crippen LogP contribution is -2.11. The largest absolute Gasteiger partial charge is 0.481 e. The second-order valence-corrected chi connectivity index (χ2v) is 6.81. The van der Waals surface area contributed by atoms with E-state index in [-0.39, 0.29) is 6.42 Å². The van der Waals surface area contributed by atoms with Crippen LogP contribution in [0.4, 0.5) is 11.4 Å². The standard InChI is InChI=1S/C19H19NO2S/c1-3-23-15-8-9-18-16(12-15)14(11-19(21)22)10-13-6-4-5-7-17(13)20(18)2/h4-10,12H,3,11H2,1-2H3,(H,21,22). The highest BCUT2D eigenvalue weighted by atomic mass is 32.2. The molecule has 0 saturated heterocycles. The number of carboxylic acids is 1. The Morgan fingerprint density at radius 1 is 1.17 bits per heavy atom. The Bertz CT molecular complexity index is 783. The molecule has 2 aromatic carbocycles. The quantitative estimate of drug-likeness (QED) is 0.812. The smallest absolute Gasteiger partial charge is 0.307 e. The summed E-state index contributed by atoms with van der Waals surface area (Å²) in [7, 11) is 2.03. The zero-order valence-corrected chi connectivity index (χ0v) is 14.1. The van der Waals surface area contributed by atoms with Crippen molar-refractivity contribution < 1.29 is 9.90 Å². The highest BCUT2D eigenvalue weighted by Gasteiger charge is 2.20. The Morgan fingerprint density at radius 3 is 2.70 bits per heavy atom. The van der Waals surface area contributed by atoms with Crippen molar-refractivity contribution in [3.05, 3.63) is 53.6 Å². The zero-order chi connectivity index (χ0) is 16.4. The second kappa shape index (κ2) is 6.50. The number of carbonyl (C=O) groups is 1. The molecule has 0 saturated carbocycles. The van der Waals surface area contributed by atoms with Crippen LogP contribution in [0.3, 0.4) is 0 Å². The molecule has 0 aliphatic carbocycles. The summed E-state index contributed by atoms with van der Waals surface area (Å²) in [6, 6.07) is 14.4. The van der Waals surface area contributed by atoms with E-state index in [4.69, 9.17) is 0 Å². The third kappa shape index (κ3) is 3.13. The first-order valence-electron chi connectivity index (χ1n) is 7.62. The van der Waals surface area contributed by atoms with Crippen LogP contribution in [0.15, 0.2) is 47.4 Å². The topological polar surface area (TPSA) is 40.5 Å². The zero-order valence-electron chi connectivity index (χ0n) is 13.2. The number of aliphatic carboxylic acids is 1. The molecule has 0 spiro atoms. The summed E-state index contributed by atoms with van der Waals surface area (Å²) in [5.74, 6) is 0.185. The molecule has 0 fully saturated rings. The molecule has 0 atom stereocenters. The van der Waals surface area contributed by atoms with E-state index in [0.29, 0.717) is 0 Å². The van der Waals surface area contributed by atoms with Gasteiger partial charge in [0.15, 0.2) is 0 Å². The Kier molecular flexibility index (Phi) is 4.44. The van der Waals surface area contributed by atoms with Gasteiger partial charge in [0.05, 0.1) is 6.42 Å². The molecule has 1 N–H and O–H groups in total. The molecule has 118 valence electrons. The molecule has 0 bridgehead atoms. The third-order valence-corrected chi connectivity index (χ3v) is 4.83. The van der Waals surface area contributed by atoms with Gasteiger partial charge in [0.25, 0.3) is 0 Å². The minimum absolute atomic E-state index is 0.0232. The molecule has 2 aromatic rings. The van der Waals surface area contributed by atoms with Gasteiger partial charge >= 0.3 is 5.97 Å². The number of hydrogen-bond acceptors (Lipinski definition) is 3. The first kappa shape index (κ1) is 15.7. The number of thioether (sulfide) groups is 1. The predicted molar refractivity (Wildman–Crippen MR) is 97.5 cm³/mol. The molecule has 4 heteroatoms. The van der Waals surface area contributed by atoms with Crippen LogP contribution >= 0.6 is 11.8 Å². The van der Waals surface area contributed by atoms with E-state index in [1.807, 2.05) is 31.3 Å². The van der Waals surface area contributed by atoms with Crippen molar-refractivity contribution in [1.82, 2.24) is 0 Å². The lowest BCUT2D eigenvalue weighted by molar-refractivity contribution is -0.135. The van der Waals surface area contributed by atoms with Gasteiger partial charge in [-0.1, -0.05) is 25.1 Å². The molecule has 0 aromatic heterocycles. The van der Waals surface area contributed by atoms with Gasteiger partial charge < -0.3 is 10.0 Å². The summed E-state index contributed by atoms with van der Waals surface area (Å²) >= 11 is 1.77. The van der Waals surface area contributed by atoms with Gasteiger partial charge in [-0.05, 0) is 47.2 Å². The van der Waals surface area contributed by atoms with Crippen LogP contribution in [0.5, 0.6) is 0 Å². The summed E-state index contributed by atoms with van der Waals surface area (Å²) < 4.78 is 0. The van der Waals surface area contributed by atoms with Crippen molar-refractivity contribution >= 4 is 40.8 Å². The van der Waals surface area contributed by atoms with E-state index >= 15 is 0 Å². The minimum atomic E-state index is -0.808. The number of benzene rings is 2. The summed E-state index contributed by atoms with van der Waals surface area (Å²) in [6.45, 7) is 2.12. The number of hydrogen-bond donors (Lipinski definition) is 1. The van der Waals surface area contributed by atoms with Crippen molar-refractivity contribution in [3.63, 3.8) is 0 Å². The highest BCUT2D eigenvalue weighted by Crippen LogP contribution is 2.41. The van der Waals surface area contributed by atoms with Crippen LogP contribution in [0.1, 0.15) is 24.5 Å². The molecular weight excluding hydrogens is 306 g/mol. The van der Waals surface area contributed by atoms with E-state index in [1.165, 1.54) is 4.90 Å². The predicted octanol–water partition coefficient (Wildman–Crippen LogP) is 4.90. The van der Waals surface area contributed by atoms with Crippen LogP contribution in [0.2, 0.25) is 0 Å². The normalized spacial score (nSPS) is 13.0. The molecule has 0 radical (unpaired) electrons. The van der Waals surface area contributed by atoms with E-state index in [2.05, 4.69) is 36.1 Å². The fourth-order valence-electron chi connectivity index (χ4n) is 2.94. The Balaban J connectivity index is 2.21. The molecule has 23 heavy (non-hydrogen) atoms. The van der Waals surface area contributed by atoms with Crippen LogP contribution in [-0.4, -0.2) is 23.9 Å². The first-order valence-corrected chi connectivity index (χ1v) is 8.61. The molecule has 1 aliphatic rings. The van der Waals surface area contributed by atoms with Gasteiger partial charge in [0, 0.05) is 28.9 Å². The number of fused-ring (bicyclic) bond motifs is 2. The molecule has 1 aliphatic heterocycles. The van der Waals surface area contributed by atoms with Crippen LogP contribution in [-0.2, 0) is 4.79 Å². The summed E-state index contributed by atoms with van der Waals surface area (Å²) in [5, 5.41) is 9.31. The lowest BCUT2D eigenvalue weighted by atomic mass is 9.99. The first-order chi connectivity index (χ1) is 11.1. The van der Waals surface area contributed by atoms with Crippen molar-refractivity contribution in [2.45, 2.75) is 18.2 Å². The van der Waals surface area contributed by atoms with Crippen molar-refractivity contribution in [1.29, 1.82) is 0 Å². The molecule has 0 amide bonds. The van der Waals surface area contributed by atoms with Crippen molar-refractivity contribution in [2.75, 3.05) is 17.7 Å². The third-order valence-electron chi connectivity index (χ3n) is 3.96. The number of para-hydroxylation sites is 1. The molecule has 1 heterocycles. The van der Waals surface area contributed by atoms with Crippen LogP contribution in [0, 0.1) is 0 Å². The number of carboxylic acid groups (broad SMARTS) is 1. The number of nitrogens with zero attached hydrogens (tertiary/aromatic N) is 1. The number of rotatable bonds is 4. The molecule has 3 nitrogen and oxygen atoms in total. The number of anilines is 2. The van der Waals surface area contributed by atoms with Crippen molar-refractivity contribution in [3.8, 4) is 0 Å². The summed E-state index contributed by atoms with van der Waals surface area (Å²) in [4.78, 5) is 14.6. The monoisotopic (exact) mass is 325 g/mol. The molecule has 0 unspecified atom stereocenters. The maximum Gasteiger partial charge on any atom is 0.307 e. The van der Waals surface area contributed by atoms with Gasteiger partial charge in [-0.25, -0.2) is 0 Å². The fraction of sp³-hybridized carbons (Fsp3) is 0.211. The minimum Gasteiger partial charge on any atom is -0.481 e. The second-order valence-electron chi connectivity index (χ2n) is 5.47. The van der Waals surface area contributed by atoms with E-state index in [0.717, 1.165) is 33.8 Å². The van der Waals surface area contributed by atoms with Gasteiger partial charge in [-0.3, -0.25) is 4.79 Å². The van der Waals surface area contributed by atoms with Crippen molar-refractivity contribution in [2.24, 2.45) is 0 Å². The average molecular weight is 325 g/mol. The maximum absolute atomic E-state index is 11.3. The highest BCUT2D eigenvalue weighted by molar-refractivity contribution is 7.99. The lowest BCUT2D eigenvalue weighted by Gasteiger charge is -2.23. The van der Waals surface area contributed by atoms with Crippen LogP contribution < -0.4 is 4.90 Å². The van der Waals surface area contributed by atoms with Crippen LogP contribution in [0.25, 0.3) is 11.6 Å². The Morgan fingerprint density at radius 2 is 1.96 bits per heavy atom. The van der Waals surface area contributed by atoms with E-state index in [1.54, 1.807) is 11.8 Å². The molecular formula is C19H19NO2S. The van der Waals surface area contributed by atoms with E-state index in [9.17, 15) is 9.90 Å². The van der Waals surface area contributed by atoms with Gasteiger partial charge in [0.2, 0.25) is 0 Å². The Hall–Kier alpha value is -2.20. The maximum atomic E-state index is 11.3. The summed E-state index contributed by atoms with van der Waals surface area (Å²) in [5.41, 5.74) is 5.03. The van der Waals surface area contributed by atoms with Gasteiger partial charge in [-0.2, -0.15) is 0 Å². The van der Waals surface area contributed by atoms with E-state index < -0.39 is 5.97 Å². The average Bonchev–Trinajstić information content (AvgIpc) is 2.64.